The Morgan fingerprint density at radius 1 is 1.00 bits per heavy atom. The van der Waals surface area contributed by atoms with Gasteiger partial charge in [-0.2, -0.15) is 0 Å². The number of hydrogen-bond acceptors (Lipinski definition) is 4. The molecule has 142 valence electrons. The third kappa shape index (κ3) is 5.44. The Hall–Kier alpha value is -3.09. The van der Waals surface area contributed by atoms with Crippen LogP contribution in [0, 0.1) is 11.6 Å². The highest BCUT2D eigenvalue weighted by Gasteiger charge is 2.18. The van der Waals surface area contributed by atoms with Crippen LogP contribution >= 0.6 is 0 Å². The summed E-state index contributed by atoms with van der Waals surface area (Å²) in [4.78, 5) is 35.5. The van der Waals surface area contributed by atoms with Crippen LogP contribution in [0.5, 0.6) is 0 Å². The lowest BCUT2D eigenvalue weighted by molar-refractivity contribution is -0.123. The number of imide groups is 1. The number of carbonyl (C=O) groups is 3. The minimum atomic E-state index is -1.13. The van der Waals surface area contributed by atoms with E-state index in [0.717, 1.165) is 17.7 Å². The zero-order valence-electron chi connectivity index (χ0n) is 15.1. The van der Waals surface area contributed by atoms with E-state index in [2.05, 4.69) is 10.1 Å². The zero-order chi connectivity index (χ0) is 20.2. The quantitative estimate of drug-likeness (QED) is 0.832. The summed E-state index contributed by atoms with van der Waals surface area (Å²) in [5.41, 5.74) is 0.718. The molecule has 0 aromatic heterocycles. The van der Waals surface area contributed by atoms with Crippen molar-refractivity contribution >= 4 is 17.8 Å². The van der Waals surface area contributed by atoms with Crippen LogP contribution in [0.2, 0.25) is 0 Å². The highest BCUT2D eigenvalue weighted by Crippen LogP contribution is 2.22. The normalized spacial score (nSPS) is 11.0. The molecule has 1 N–H and O–H groups in total. The number of benzene rings is 2. The van der Waals surface area contributed by atoms with Gasteiger partial charge in [-0.15, -0.1) is 0 Å². The third-order valence-corrected chi connectivity index (χ3v) is 3.75. The second-order valence-electron chi connectivity index (χ2n) is 6.90. The van der Waals surface area contributed by atoms with Gasteiger partial charge in [0.25, 0.3) is 11.8 Å². The molecule has 27 heavy (non-hydrogen) atoms. The first-order chi connectivity index (χ1) is 12.6. The predicted octanol–water partition coefficient (Wildman–Crippen LogP) is 3.38. The average molecular weight is 375 g/mol. The van der Waals surface area contributed by atoms with E-state index < -0.39 is 41.6 Å². The van der Waals surface area contributed by atoms with Crippen molar-refractivity contribution in [3.05, 3.63) is 70.8 Å². The Balaban J connectivity index is 1.91. The molecule has 0 spiro atoms. The Morgan fingerprint density at radius 2 is 1.63 bits per heavy atom. The molecule has 0 saturated carbocycles. The number of ether oxygens (including phenoxy) is 1. The van der Waals surface area contributed by atoms with Crippen molar-refractivity contribution in [3.8, 4) is 0 Å². The fourth-order valence-corrected chi connectivity index (χ4v) is 2.22. The molecule has 2 aromatic carbocycles. The molecule has 5 nitrogen and oxygen atoms in total. The van der Waals surface area contributed by atoms with Gasteiger partial charge in [-0.25, -0.2) is 13.6 Å². The molecule has 0 fully saturated rings. The zero-order valence-corrected chi connectivity index (χ0v) is 15.1. The van der Waals surface area contributed by atoms with Gasteiger partial charge in [0.05, 0.1) is 5.56 Å². The van der Waals surface area contributed by atoms with Gasteiger partial charge in [0.2, 0.25) is 0 Å². The maximum absolute atomic E-state index is 13.5. The Kier molecular flexibility index (Phi) is 6.05. The number of nitrogens with one attached hydrogen (secondary N) is 1. The van der Waals surface area contributed by atoms with Crippen LogP contribution < -0.4 is 5.32 Å². The second-order valence-corrected chi connectivity index (χ2v) is 6.90. The van der Waals surface area contributed by atoms with Crippen molar-refractivity contribution in [2.24, 2.45) is 0 Å². The molecular formula is C20H19F2NO4. The van der Waals surface area contributed by atoms with E-state index >= 15 is 0 Å². The van der Waals surface area contributed by atoms with Gasteiger partial charge in [-0.1, -0.05) is 32.9 Å². The summed E-state index contributed by atoms with van der Waals surface area (Å²) in [5, 5.41) is 2.08. The number of carbonyl (C=O) groups excluding carboxylic acids is 3. The number of rotatable bonds is 4. The van der Waals surface area contributed by atoms with Crippen LogP contribution in [0.3, 0.4) is 0 Å². The summed E-state index contributed by atoms with van der Waals surface area (Å²) >= 11 is 0. The first kappa shape index (κ1) is 20.2. The molecule has 0 atom stereocenters. The van der Waals surface area contributed by atoms with Gasteiger partial charge in [-0.3, -0.25) is 14.9 Å². The molecule has 0 heterocycles. The lowest BCUT2D eigenvalue weighted by atomic mass is 9.87. The van der Waals surface area contributed by atoms with Gasteiger partial charge in [0.1, 0.15) is 11.6 Å². The molecule has 0 aliphatic rings. The molecule has 7 heteroatoms. The molecule has 0 unspecified atom stereocenters. The fourth-order valence-electron chi connectivity index (χ4n) is 2.22. The molecule has 2 aromatic rings. The lowest BCUT2D eigenvalue weighted by Gasteiger charge is -2.19. The minimum absolute atomic E-state index is 0.0747. The van der Waals surface area contributed by atoms with Crippen molar-refractivity contribution in [1.82, 2.24) is 5.32 Å². The van der Waals surface area contributed by atoms with Crippen LogP contribution in [0.15, 0.2) is 42.5 Å². The number of esters is 1. The maximum Gasteiger partial charge on any atom is 0.341 e. The van der Waals surface area contributed by atoms with Crippen molar-refractivity contribution < 1.29 is 27.9 Å². The van der Waals surface area contributed by atoms with E-state index in [1.165, 1.54) is 0 Å². The van der Waals surface area contributed by atoms with Crippen LogP contribution in [0.25, 0.3) is 0 Å². The summed E-state index contributed by atoms with van der Waals surface area (Å²) in [7, 11) is 0. The average Bonchev–Trinajstić information content (AvgIpc) is 2.59. The number of halogens is 2. The number of hydrogen-bond donors (Lipinski definition) is 1. The molecule has 0 aliphatic carbocycles. The van der Waals surface area contributed by atoms with E-state index in [9.17, 15) is 23.2 Å². The largest absolute Gasteiger partial charge is 0.452 e. The Bertz CT molecular complexity index is 871. The minimum Gasteiger partial charge on any atom is -0.452 e. The molecule has 0 aliphatic heterocycles. The molecule has 2 amide bonds. The third-order valence-electron chi connectivity index (χ3n) is 3.75. The molecule has 0 radical (unpaired) electrons. The van der Waals surface area contributed by atoms with Gasteiger partial charge in [-0.05, 0) is 35.2 Å². The molecular weight excluding hydrogens is 356 g/mol. The highest BCUT2D eigenvalue weighted by atomic mass is 19.1. The van der Waals surface area contributed by atoms with Crippen LogP contribution in [0.1, 0.15) is 47.1 Å². The molecule has 0 saturated heterocycles. The van der Waals surface area contributed by atoms with E-state index in [-0.39, 0.29) is 11.0 Å². The highest BCUT2D eigenvalue weighted by molar-refractivity contribution is 6.05. The van der Waals surface area contributed by atoms with Crippen LogP contribution in [0.4, 0.5) is 8.78 Å². The maximum atomic E-state index is 13.5. The van der Waals surface area contributed by atoms with Crippen molar-refractivity contribution in [2.45, 2.75) is 26.2 Å². The molecule has 2 rings (SSSR count). The van der Waals surface area contributed by atoms with Crippen LogP contribution in [-0.2, 0) is 14.9 Å². The van der Waals surface area contributed by atoms with Crippen LogP contribution in [-0.4, -0.2) is 24.4 Å². The number of amides is 2. The summed E-state index contributed by atoms with van der Waals surface area (Å²) in [5.74, 6) is -4.59. The van der Waals surface area contributed by atoms with E-state index in [1.807, 2.05) is 20.8 Å². The van der Waals surface area contributed by atoms with Gasteiger partial charge in [0.15, 0.2) is 6.61 Å². The monoisotopic (exact) mass is 375 g/mol. The van der Waals surface area contributed by atoms with Crippen molar-refractivity contribution in [2.75, 3.05) is 6.61 Å². The van der Waals surface area contributed by atoms with Crippen molar-refractivity contribution in [1.29, 1.82) is 0 Å². The van der Waals surface area contributed by atoms with E-state index in [0.29, 0.717) is 6.07 Å². The summed E-state index contributed by atoms with van der Waals surface area (Å²) < 4.78 is 30.9. The van der Waals surface area contributed by atoms with Gasteiger partial charge in [0, 0.05) is 11.6 Å². The standard InChI is InChI=1S/C20H19F2NO4/c1-20(2,3)13-6-4-12(5-7-13)18(25)23-17(24)11-27-19(26)15-9-8-14(21)10-16(15)22/h4-10H,11H2,1-3H3,(H,23,24,25). The lowest BCUT2D eigenvalue weighted by Crippen LogP contribution is -2.34. The summed E-state index contributed by atoms with van der Waals surface area (Å²) in [6.45, 7) is 5.32. The summed E-state index contributed by atoms with van der Waals surface area (Å²) in [6.07, 6.45) is 0. The smallest absolute Gasteiger partial charge is 0.341 e. The van der Waals surface area contributed by atoms with Gasteiger partial charge < -0.3 is 4.74 Å². The first-order valence-electron chi connectivity index (χ1n) is 8.15. The first-order valence-corrected chi connectivity index (χ1v) is 8.15. The van der Waals surface area contributed by atoms with E-state index in [4.69, 9.17) is 0 Å². The SMILES string of the molecule is CC(C)(C)c1ccc(C(=O)NC(=O)COC(=O)c2ccc(F)cc2F)cc1. The van der Waals surface area contributed by atoms with Gasteiger partial charge >= 0.3 is 5.97 Å². The second kappa shape index (κ2) is 8.07. The summed E-state index contributed by atoms with van der Waals surface area (Å²) in [6, 6.07) is 9.08. The topological polar surface area (TPSA) is 72.5 Å². The fraction of sp³-hybridized carbons (Fsp3) is 0.250. The molecule has 0 bridgehead atoms. The van der Waals surface area contributed by atoms with E-state index in [1.54, 1.807) is 24.3 Å². The predicted molar refractivity (Wildman–Crippen MR) is 94.3 cm³/mol. The van der Waals surface area contributed by atoms with Crippen molar-refractivity contribution in [3.63, 3.8) is 0 Å². The Morgan fingerprint density at radius 3 is 2.19 bits per heavy atom. The Labute approximate surface area is 155 Å².